The highest BCUT2D eigenvalue weighted by Crippen LogP contribution is 2.38. The number of amides is 4. The molecule has 1 aromatic rings. The molecule has 2 fully saturated rings. The molecule has 6 heteroatoms. The predicted octanol–water partition coefficient (Wildman–Crippen LogP) is 3.97. The molecule has 0 N–H and O–H groups in total. The number of hydrogen-bond acceptors (Lipinski definition) is 3. The Bertz CT molecular complexity index is 782. The van der Waals surface area contributed by atoms with E-state index in [1.165, 1.54) is 4.90 Å². The molecule has 0 bridgehead atoms. The van der Waals surface area contributed by atoms with E-state index in [9.17, 15) is 14.4 Å². The number of nitrogens with zero attached hydrogens (tertiary/aromatic N) is 3. The largest absolute Gasteiger partial charge is 0.342 e. The Morgan fingerprint density at radius 2 is 1.83 bits per heavy atom. The summed E-state index contributed by atoms with van der Waals surface area (Å²) in [4.78, 5) is 44.1. The summed E-state index contributed by atoms with van der Waals surface area (Å²) in [7, 11) is 0. The van der Waals surface area contributed by atoms with Crippen LogP contribution in [-0.4, -0.2) is 57.7 Å². The highest BCUT2D eigenvalue weighted by Gasteiger charge is 2.57. The summed E-state index contributed by atoms with van der Waals surface area (Å²) in [6.07, 6.45) is 8.10. The summed E-state index contributed by atoms with van der Waals surface area (Å²) in [5.74, 6) is 0.0524. The van der Waals surface area contributed by atoms with Crippen molar-refractivity contribution in [3.63, 3.8) is 0 Å². The summed E-state index contributed by atoms with van der Waals surface area (Å²) >= 11 is 0. The Morgan fingerprint density at radius 1 is 1.13 bits per heavy atom. The van der Waals surface area contributed by atoms with Gasteiger partial charge in [-0.25, -0.2) is 4.79 Å². The van der Waals surface area contributed by atoms with E-state index < -0.39 is 5.54 Å². The van der Waals surface area contributed by atoms with Crippen LogP contribution in [0.2, 0.25) is 0 Å². The van der Waals surface area contributed by atoms with Gasteiger partial charge in [-0.15, -0.1) is 0 Å². The summed E-state index contributed by atoms with van der Waals surface area (Å²) in [5, 5.41) is 0. The maximum Gasteiger partial charge on any atom is 0.327 e. The summed E-state index contributed by atoms with van der Waals surface area (Å²) in [6, 6.07) is 9.61. The minimum absolute atomic E-state index is 0.0922. The molecule has 2 saturated heterocycles. The molecule has 4 amide bonds. The maximum absolute atomic E-state index is 13.4. The number of likely N-dealkylation sites (tertiary alicyclic amines) is 1. The maximum atomic E-state index is 13.4. The second-order valence-corrected chi connectivity index (χ2v) is 8.18. The Balaban J connectivity index is 1.73. The van der Waals surface area contributed by atoms with Crippen molar-refractivity contribution in [2.45, 2.75) is 64.5 Å². The first-order valence-corrected chi connectivity index (χ1v) is 11.1. The number of hydrogen-bond donors (Lipinski definition) is 0. The van der Waals surface area contributed by atoms with Crippen LogP contribution in [0.4, 0.5) is 4.79 Å². The van der Waals surface area contributed by atoms with Gasteiger partial charge in [0.2, 0.25) is 5.91 Å². The van der Waals surface area contributed by atoms with Gasteiger partial charge in [-0.1, -0.05) is 49.4 Å². The quantitative estimate of drug-likeness (QED) is 0.369. The lowest BCUT2D eigenvalue weighted by Gasteiger charge is -2.42. The van der Waals surface area contributed by atoms with E-state index in [2.05, 4.69) is 6.08 Å². The van der Waals surface area contributed by atoms with Gasteiger partial charge in [0.25, 0.3) is 5.91 Å². The number of rotatable bonds is 8. The molecule has 6 nitrogen and oxygen atoms in total. The number of benzene rings is 1. The van der Waals surface area contributed by atoms with Gasteiger partial charge in [0.1, 0.15) is 5.54 Å². The van der Waals surface area contributed by atoms with Crippen molar-refractivity contribution in [1.82, 2.24) is 14.7 Å². The SMILES string of the molecule is CC=CCCCC(=O)N1CCC2(CC1)C(=O)N(CCC)C(=O)N2Cc1ccccc1. The van der Waals surface area contributed by atoms with Crippen LogP contribution in [-0.2, 0) is 16.1 Å². The molecule has 2 aliphatic rings. The van der Waals surface area contributed by atoms with E-state index in [-0.39, 0.29) is 17.8 Å². The molecule has 0 aromatic heterocycles. The Hall–Kier alpha value is -2.63. The van der Waals surface area contributed by atoms with Crippen molar-refractivity contribution in [3.8, 4) is 0 Å². The van der Waals surface area contributed by atoms with Crippen LogP contribution in [0.3, 0.4) is 0 Å². The molecular formula is C24H33N3O3. The zero-order valence-corrected chi connectivity index (χ0v) is 18.2. The van der Waals surface area contributed by atoms with E-state index in [4.69, 9.17) is 0 Å². The van der Waals surface area contributed by atoms with Crippen molar-refractivity contribution < 1.29 is 14.4 Å². The average Bonchev–Trinajstić information content (AvgIpc) is 2.95. The molecule has 30 heavy (non-hydrogen) atoms. The Labute approximate surface area is 179 Å². The van der Waals surface area contributed by atoms with Crippen molar-refractivity contribution >= 4 is 17.8 Å². The smallest absolute Gasteiger partial charge is 0.327 e. The van der Waals surface area contributed by atoms with Gasteiger partial charge in [0, 0.05) is 32.6 Å². The lowest BCUT2D eigenvalue weighted by atomic mass is 9.85. The summed E-state index contributed by atoms with van der Waals surface area (Å²) < 4.78 is 0. The lowest BCUT2D eigenvalue weighted by molar-refractivity contribution is -0.141. The molecule has 162 valence electrons. The molecule has 1 aromatic carbocycles. The number of urea groups is 1. The first-order chi connectivity index (χ1) is 14.5. The van der Waals surface area contributed by atoms with Crippen LogP contribution in [0.5, 0.6) is 0 Å². The van der Waals surface area contributed by atoms with Gasteiger partial charge >= 0.3 is 6.03 Å². The van der Waals surface area contributed by atoms with Crippen molar-refractivity contribution in [1.29, 1.82) is 0 Å². The van der Waals surface area contributed by atoms with E-state index in [0.717, 1.165) is 24.8 Å². The molecule has 0 radical (unpaired) electrons. The summed E-state index contributed by atoms with van der Waals surface area (Å²) in [5.41, 5.74) is 0.183. The molecule has 2 heterocycles. The van der Waals surface area contributed by atoms with Gasteiger partial charge in [-0.3, -0.25) is 14.5 Å². The number of carbonyl (C=O) groups is 3. The number of unbranched alkanes of at least 4 members (excludes halogenated alkanes) is 1. The molecule has 1 spiro atoms. The fourth-order valence-corrected chi connectivity index (χ4v) is 4.49. The minimum atomic E-state index is -0.830. The number of imide groups is 1. The van der Waals surface area contributed by atoms with Crippen LogP contribution in [0.15, 0.2) is 42.5 Å². The zero-order valence-electron chi connectivity index (χ0n) is 18.2. The zero-order chi connectivity index (χ0) is 21.6. The van der Waals surface area contributed by atoms with E-state index >= 15 is 0 Å². The monoisotopic (exact) mass is 411 g/mol. The minimum Gasteiger partial charge on any atom is -0.342 e. The molecule has 0 atom stereocenters. The van der Waals surface area contributed by atoms with Gasteiger partial charge < -0.3 is 9.80 Å². The molecular weight excluding hydrogens is 378 g/mol. The third-order valence-corrected chi connectivity index (χ3v) is 6.19. The topological polar surface area (TPSA) is 60.9 Å². The first-order valence-electron chi connectivity index (χ1n) is 11.1. The van der Waals surface area contributed by atoms with Gasteiger partial charge in [-0.05, 0) is 44.6 Å². The van der Waals surface area contributed by atoms with Crippen LogP contribution in [0, 0.1) is 0 Å². The second-order valence-electron chi connectivity index (χ2n) is 8.18. The van der Waals surface area contributed by atoms with E-state index in [1.807, 2.05) is 55.2 Å². The normalized spacial score (nSPS) is 18.8. The number of piperidine rings is 1. The molecule has 0 saturated carbocycles. The average molecular weight is 412 g/mol. The number of carbonyl (C=O) groups excluding carboxylic acids is 3. The van der Waals surface area contributed by atoms with Crippen molar-refractivity contribution in [2.24, 2.45) is 0 Å². The molecule has 0 aliphatic carbocycles. The van der Waals surface area contributed by atoms with Crippen LogP contribution in [0.25, 0.3) is 0 Å². The highest BCUT2D eigenvalue weighted by atomic mass is 16.2. The molecule has 2 aliphatic heterocycles. The Morgan fingerprint density at radius 3 is 2.47 bits per heavy atom. The van der Waals surface area contributed by atoms with Gasteiger partial charge in [0.15, 0.2) is 0 Å². The van der Waals surface area contributed by atoms with Crippen LogP contribution < -0.4 is 0 Å². The van der Waals surface area contributed by atoms with Crippen LogP contribution >= 0.6 is 0 Å². The number of allylic oxidation sites excluding steroid dienone is 2. The summed E-state index contributed by atoms with van der Waals surface area (Å²) in [6.45, 7) is 5.86. The van der Waals surface area contributed by atoms with E-state index in [0.29, 0.717) is 45.4 Å². The standard InChI is InChI=1S/C24H33N3O3/c1-3-5-6-10-13-21(28)25-17-14-24(15-18-25)22(29)26(16-4-2)23(30)27(24)19-20-11-8-7-9-12-20/h3,5,7-9,11-12H,4,6,10,13-19H2,1-2H3. The highest BCUT2D eigenvalue weighted by molar-refractivity contribution is 6.07. The van der Waals surface area contributed by atoms with Crippen molar-refractivity contribution in [3.05, 3.63) is 48.0 Å². The predicted molar refractivity (Wildman–Crippen MR) is 117 cm³/mol. The molecule has 0 unspecified atom stereocenters. The lowest BCUT2D eigenvalue weighted by Crippen LogP contribution is -2.57. The van der Waals surface area contributed by atoms with Gasteiger partial charge in [0.05, 0.1) is 0 Å². The fourth-order valence-electron chi connectivity index (χ4n) is 4.49. The first kappa shape index (κ1) is 22.1. The second kappa shape index (κ2) is 9.92. The fraction of sp³-hybridized carbons (Fsp3) is 0.542. The third kappa shape index (κ3) is 4.42. The van der Waals surface area contributed by atoms with Gasteiger partial charge in [-0.2, -0.15) is 0 Å². The van der Waals surface area contributed by atoms with Crippen molar-refractivity contribution in [2.75, 3.05) is 19.6 Å². The third-order valence-electron chi connectivity index (χ3n) is 6.19. The van der Waals surface area contributed by atoms with E-state index in [1.54, 1.807) is 4.90 Å². The van der Waals surface area contributed by atoms with Crippen LogP contribution in [0.1, 0.15) is 57.9 Å². The molecule has 3 rings (SSSR count). The Kier molecular flexibility index (Phi) is 7.29.